The van der Waals surface area contributed by atoms with Gasteiger partial charge in [0.15, 0.2) is 5.54 Å². The number of halogens is 2. The number of anilines is 1. The molecule has 4 rings (SSSR count). The first-order chi connectivity index (χ1) is 14.2. The van der Waals surface area contributed by atoms with Gasteiger partial charge < -0.3 is 9.80 Å². The maximum atomic E-state index is 14.6. The van der Waals surface area contributed by atoms with Crippen molar-refractivity contribution >= 4 is 23.4 Å². The van der Waals surface area contributed by atoms with Crippen LogP contribution in [0.5, 0.6) is 0 Å². The van der Waals surface area contributed by atoms with Gasteiger partial charge in [0.1, 0.15) is 18.2 Å². The van der Waals surface area contributed by atoms with E-state index in [9.17, 15) is 23.2 Å². The molecule has 0 unspecified atom stereocenters. The average Bonchev–Trinajstić information content (AvgIpc) is 2.65. The van der Waals surface area contributed by atoms with Gasteiger partial charge in [-0.2, -0.15) is 0 Å². The highest BCUT2D eigenvalue weighted by Gasteiger charge is 2.60. The lowest BCUT2D eigenvalue weighted by atomic mass is 9.83. The number of nitrogens with zero attached hydrogens (tertiary/aromatic N) is 3. The van der Waals surface area contributed by atoms with E-state index < -0.39 is 23.1 Å². The van der Waals surface area contributed by atoms with Crippen LogP contribution >= 0.6 is 0 Å². The summed E-state index contributed by atoms with van der Waals surface area (Å²) in [4.78, 5) is 42.4. The molecule has 0 radical (unpaired) electrons. The molecule has 1 spiro atoms. The van der Waals surface area contributed by atoms with E-state index in [4.69, 9.17) is 0 Å². The molecule has 2 aromatic carbocycles. The van der Waals surface area contributed by atoms with Crippen molar-refractivity contribution in [2.75, 3.05) is 24.5 Å². The van der Waals surface area contributed by atoms with Crippen LogP contribution in [0.1, 0.15) is 18.1 Å². The third kappa shape index (κ3) is 3.22. The number of hydrogen-bond acceptors (Lipinski definition) is 3. The predicted octanol–water partition coefficient (Wildman–Crippen LogP) is 2.25. The van der Waals surface area contributed by atoms with Crippen molar-refractivity contribution in [1.82, 2.24) is 9.80 Å². The molecule has 0 bridgehead atoms. The van der Waals surface area contributed by atoms with Gasteiger partial charge in [-0.25, -0.2) is 8.78 Å². The van der Waals surface area contributed by atoms with E-state index in [2.05, 4.69) is 0 Å². The molecule has 0 aromatic heterocycles. The average molecular weight is 413 g/mol. The second-order valence-electron chi connectivity index (χ2n) is 7.86. The van der Waals surface area contributed by atoms with Gasteiger partial charge >= 0.3 is 0 Å². The van der Waals surface area contributed by atoms with Crippen molar-refractivity contribution in [2.45, 2.75) is 25.9 Å². The van der Waals surface area contributed by atoms with Crippen LogP contribution in [0.2, 0.25) is 0 Å². The maximum absolute atomic E-state index is 14.6. The van der Waals surface area contributed by atoms with Gasteiger partial charge in [-0.05, 0) is 42.3 Å². The molecule has 2 saturated heterocycles. The quantitative estimate of drug-likeness (QED) is 0.776. The number of piperazine rings is 1. The molecule has 0 N–H and O–H groups in total. The summed E-state index contributed by atoms with van der Waals surface area (Å²) < 4.78 is 27.8. The van der Waals surface area contributed by atoms with Crippen LogP contribution in [-0.2, 0) is 20.9 Å². The van der Waals surface area contributed by atoms with Crippen LogP contribution in [0.3, 0.4) is 0 Å². The van der Waals surface area contributed by atoms with Crippen molar-refractivity contribution in [3.8, 4) is 0 Å². The Kier molecular flexibility index (Phi) is 4.80. The molecule has 0 saturated carbocycles. The molecule has 156 valence electrons. The van der Waals surface area contributed by atoms with Crippen LogP contribution in [0.25, 0.3) is 0 Å². The molecule has 2 aromatic rings. The summed E-state index contributed by atoms with van der Waals surface area (Å²) in [7, 11) is 0. The standard InChI is InChI=1S/C22H21F2N3O3/c1-14-3-8-19(18(24)9-14)26-11-20(29)27(10-16-4-6-17(23)7-5-16)22(21(26)30)12-25(13-22)15(2)28/h3-9H,10-13H2,1-2H3. The Morgan fingerprint density at radius 1 is 1.07 bits per heavy atom. The number of rotatable bonds is 3. The van der Waals surface area contributed by atoms with Crippen LogP contribution in [0.4, 0.5) is 14.5 Å². The number of carbonyl (C=O) groups excluding carboxylic acids is 3. The number of amides is 3. The van der Waals surface area contributed by atoms with Gasteiger partial charge in [0.2, 0.25) is 11.8 Å². The van der Waals surface area contributed by atoms with Gasteiger partial charge in [-0.3, -0.25) is 19.3 Å². The zero-order chi connectivity index (χ0) is 21.6. The van der Waals surface area contributed by atoms with Crippen molar-refractivity contribution < 1.29 is 23.2 Å². The second kappa shape index (κ2) is 7.19. The normalized spacial score (nSPS) is 18.1. The Bertz CT molecular complexity index is 1030. The third-order valence-electron chi connectivity index (χ3n) is 5.75. The Morgan fingerprint density at radius 3 is 2.33 bits per heavy atom. The fraction of sp³-hybridized carbons (Fsp3) is 0.318. The Labute approximate surface area is 172 Å². The zero-order valence-electron chi connectivity index (χ0n) is 16.7. The topological polar surface area (TPSA) is 60.9 Å². The summed E-state index contributed by atoms with van der Waals surface area (Å²) in [5.74, 6) is -1.98. The first kappa shape index (κ1) is 20.0. The van der Waals surface area contributed by atoms with Crippen molar-refractivity contribution in [3.63, 3.8) is 0 Å². The van der Waals surface area contributed by atoms with E-state index in [-0.39, 0.29) is 43.7 Å². The predicted molar refractivity (Wildman–Crippen MR) is 105 cm³/mol. The molecular formula is C22H21F2N3O3. The van der Waals surface area contributed by atoms with Gasteiger partial charge in [0.05, 0.1) is 18.8 Å². The largest absolute Gasteiger partial charge is 0.337 e. The van der Waals surface area contributed by atoms with Gasteiger partial charge in [0.25, 0.3) is 5.91 Å². The Balaban J connectivity index is 1.70. The Hall–Kier alpha value is -3.29. The fourth-order valence-corrected chi connectivity index (χ4v) is 4.05. The molecule has 2 heterocycles. The molecular weight excluding hydrogens is 392 g/mol. The lowest BCUT2D eigenvalue weighted by molar-refractivity contribution is -0.169. The lowest BCUT2D eigenvalue weighted by Crippen LogP contribution is -2.81. The van der Waals surface area contributed by atoms with Crippen molar-refractivity contribution in [2.24, 2.45) is 0 Å². The molecule has 30 heavy (non-hydrogen) atoms. The van der Waals surface area contributed by atoms with Crippen LogP contribution in [-0.4, -0.2) is 52.7 Å². The first-order valence-electron chi connectivity index (χ1n) is 9.60. The molecule has 6 nitrogen and oxygen atoms in total. The molecule has 2 aliphatic heterocycles. The van der Waals surface area contributed by atoms with Gasteiger partial charge in [-0.15, -0.1) is 0 Å². The minimum absolute atomic E-state index is 0.0398. The number of aryl methyl sites for hydroxylation is 1. The van der Waals surface area contributed by atoms with E-state index in [0.717, 1.165) is 4.90 Å². The summed E-state index contributed by atoms with van der Waals surface area (Å²) in [5.41, 5.74) is 0.132. The highest BCUT2D eigenvalue weighted by atomic mass is 19.1. The number of hydrogen-bond donors (Lipinski definition) is 0. The monoisotopic (exact) mass is 413 g/mol. The highest BCUT2D eigenvalue weighted by Crippen LogP contribution is 2.37. The zero-order valence-corrected chi connectivity index (χ0v) is 16.7. The number of benzene rings is 2. The van der Waals surface area contributed by atoms with E-state index >= 15 is 0 Å². The summed E-state index contributed by atoms with van der Waals surface area (Å²) in [6, 6.07) is 10.1. The molecule has 0 atom stereocenters. The second-order valence-corrected chi connectivity index (χ2v) is 7.86. The molecule has 2 aliphatic rings. The molecule has 2 fully saturated rings. The number of likely N-dealkylation sites (tertiary alicyclic amines) is 1. The minimum atomic E-state index is -1.27. The minimum Gasteiger partial charge on any atom is -0.337 e. The van der Waals surface area contributed by atoms with Crippen LogP contribution < -0.4 is 4.90 Å². The van der Waals surface area contributed by atoms with Gasteiger partial charge in [0, 0.05) is 13.5 Å². The highest BCUT2D eigenvalue weighted by molar-refractivity contribution is 6.10. The number of carbonyl (C=O) groups is 3. The Morgan fingerprint density at radius 2 is 1.73 bits per heavy atom. The van der Waals surface area contributed by atoms with Crippen molar-refractivity contribution in [3.05, 3.63) is 65.2 Å². The van der Waals surface area contributed by atoms with Crippen LogP contribution in [0.15, 0.2) is 42.5 Å². The summed E-state index contributed by atoms with van der Waals surface area (Å²) >= 11 is 0. The molecule has 0 aliphatic carbocycles. The summed E-state index contributed by atoms with van der Waals surface area (Å²) in [6.07, 6.45) is 0. The maximum Gasteiger partial charge on any atom is 0.257 e. The van der Waals surface area contributed by atoms with E-state index in [1.54, 1.807) is 25.1 Å². The van der Waals surface area contributed by atoms with Crippen LogP contribution in [0, 0.1) is 18.6 Å². The lowest BCUT2D eigenvalue weighted by Gasteiger charge is -2.57. The summed E-state index contributed by atoms with van der Waals surface area (Å²) in [5, 5.41) is 0. The smallest absolute Gasteiger partial charge is 0.257 e. The molecule has 3 amide bonds. The molecule has 8 heteroatoms. The van der Waals surface area contributed by atoms with E-state index in [0.29, 0.717) is 11.1 Å². The SMILES string of the molecule is CC(=O)N1CC2(C1)C(=O)N(c1ccc(C)cc1F)CC(=O)N2Cc1ccc(F)cc1. The van der Waals surface area contributed by atoms with Crippen molar-refractivity contribution in [1.29, 1.82) is 0 Å². The van der Waals surface area contributed by atoms with E-state index in [1.807, 2.05) is 0 Å². The van der Waals surface area contributed by atoms with E-state index in [1.165, 1.54) is 41.0 Å². The van der Waals surface area contributed by atoms with Gasteiger partial charge in [-0.1, -0.05) is 18.2 Å². The fourth-order valence-electron chi connectivity index (χ4n) is 4.05. The third-order valence-corrected chi connectivity index (χ3v) is 5.75. The first-order valence-corrected chi connectivity index (χ1v) is 9.60. The summed E-state index contributed by atoms with van der Waals surface area (Å²) in [6.45, 7) is 3.00.